The first kappa shape index (κ1) is 28.5. The molecule has 13 heteroatoms. The van der Waals surface area contributed by atoms with E-state index in [0.29, 0.717) is 48.9 Å². The number of anilines is 3. The third-order valence-electron chi connectivity index (χ3n) is 8.15. The number of aromatic nitrogens is 5. The van der Waals surface area contributed by atoms with Crippen molar-refractivity contribution in [2.75, 3.05) is 36.5 Å². The van der Waals surface area contributed by atoms with Crippen molar-refractivity contribution in [3.8, 4) is 23.2 Å². The molecule has 0 spiro atoms. The Morgan fingerprint density at radius 2 is 1.98 bits per heavy atom. The summed E-state index contributed by atoms with van der Waals surface area (Å²) in [6.45, 7) is 4.33. The van der Waals surface area contributed by atoms with Gasteiger partial charge in [0.1, 0.15) is 17.7 Å². The molecule has 3 N–H and O–H groups in total. The van der Waals surface area contributed by atoms with Crippen LogP contribution in [0.25, 0.3) is 11.4 Å². The standard InChI is InChI=1S/C29H35N7O5S/c1-29(19-37)9-12-35(13-10-29)23-15-27(31-16-20(23)4-7-25-24(38)3-2-14-41-25)33-26-8-11-30-28(34-26)21-17-32-36(18-21)42(39,40)22-5-6-22/h8,11,15-18,22,24-25,37-38H,2-3,5-6,9-10,12-14,19H2,1H3,(H,30,31,33,34). The zero-order valence-electron chi connectivity index (χ0n) is 23.5. The van der Waals surface area contributed by atoms with Gasteiger partial charge in [0.15, 0.2) is 5.82 Å². The largest absolute Gasteiger partial charge is 0.396 e. The molecule has 3 fully saturated rings. The molecule has 222 valence electrons. The molecule has 5 heterocycles. The summed E-state index contributed by atoms with van der Waals surface area (Å²) < 4.78 is 31.8. The fourth-order valence-electron chi connectivity index (χ4n) is 5.15. The Morgan fingerprint density at radius 1 is 1.17 bits per heavy atom. The van der Waals surface area contributed by atoms with E-state index >= 15 is 0 Å². The summed E-state index contributed by atoms with van der Waals surface area (Å²) in [5.74, 6) is 7.66. The van der Waals surface area contributed by atoms with E-state index in [1.54, 1.807) is 18.5 Å². The molecule has 2 aliphatic heterocycles. The second kappa shape index (κ2) is 11.6. The SMILES string of the molecule is CC1(CO)CCN(c2cc(Nc3ccnc(-c4cnn(S(=O)(=O)C5CC5)c4)n3)ncc2C#CC2OCCCC2O)CC1. The van der Waals surface area contributed by atoms with Gasteiger partial charge in [0, 0.05) is 44.8 Å². The highest BCUT2D eigenvalue weighted by Gasteiger charge is 2.38. The number of hydrogen-bond donors (Lipinski definition) is 3. The van der Waals surface area contributed by atoms with Crippen molar-refractivity contribution < 1.29 is 23.4 Å². The first-order chi connectivity index (χ1) is 20.2. The second-order valence-corrected chi connectivity index (χ2v) is 13.6. The predicted molar refractivity (Wildman–Crippen MR) is 157 cm³/mol. The number of ether oxygens (including phenoxy) is 1. The van der Waals surface area contributed by atoms with E-state index in [0.717, 1.165) is 47.7 Å². The maximum atomic E-state index is 12.5. The van der Waals surface area contributed by atoms with E-state index in [-0.39, 0.29) is 17.3 Å². The number of aliphatic hydroxyl groups excluding tert-OH is 2. The van der Waals surface area contributed by atoms with E-state index in [4.69, 9.17) is 4.74 Å². The molecular weight excluding hydrogens is 558 g/mol. The Bertz CT molecular complexity index is 1600. The number of pyridine rings is 1. The molecule has 3 aromatic heterocycles. The van der Waals surface area contributed by atoms with Gasteiger partial charge >= 0.3 is 0 Å². The molecule has 2 unspecified atom stereocenters. The van der Waals surface area contributed by atoms with Crippen molar-refractivity contribution in [2.45, 2.75) is 62.9 Å². The minimum absolute atomic E-state index is 0.111. The van der Waals surface area contributed by atoms with E-state index in [1.807, 2.05) is 6.07 Å². The Morgan fingerprint density at radius 3 is 2.71 bits per heavy atom. The topological polar surface area (TPSA) is 156 Å². The van der Waals surface area contributed by atoms with Crippen LogP contribution in [0.2, 0.25) is 0 Å². The van der Waals surface area contributed by atoms with Crippen molar-refractivity contribution in [1.82, 2.24) is 24.1 Å². The summed E-state index contributed by atoms with van der Waals surface area (Å²) in [7, 11) is -3.48. The van der Waals surface area contributed by atoms with Crippen LogP contribution in [-0.4, -0.2) is 86.5 Å². The van der Waals surface area contributed by atoms with Crippen LogP contribution < -0.4 is 10.2 Å². The average molecular weight is 594 g/mol. The first-order valence-corrected chi connectivity index (χ1v) is 15.8. The van der Waals surface area contributed by atoms with Crippen LogP contribution in [0.1, 0.15) is 51.0 Å². The third kappa shape index (κ3) is 6.12. The van der Waals surface area contributed by atoms with Crippen molar-refractivity contribution in [2.24, 2.45) is 5.41 Å². The fraction of sp³-hybridized carbons (Fsp3) is 0.517. The molecule has 6 rings (SSSR count). The lowest BCUT2D eigenvalue weighted by molar-refractivity contribution is -0.0434. The van der Waals surface area contributed by atoms with E-state index in [1.165, 1.54) is 12.4 Å². The van der Waals surface area contributed by atoms with Crippen LogP contribution >= 0.6 is 0 Å². The number of rotatable bonds is 7. The monoisotopic (exact) mass is 593 g/mol. The number of aliphatic hydroxyl groups is 2. The number of nitrogens with zero attached hydrogens (tertiary/aromatic N) is 6. The lowest BCUT2D eigenvalue weighted by Crippen LogP contribution is -2.40. The van der Waals surface area contributed by atoms with Gasteiger partial charge in [0.05, 0.1) is 40.6 Å². The quantitative estimate of drug-likeness (QED) is 0.346. The molecular formula is C29H35N7O5S. The van der Waals surface area contributed by atoms with Gasteiger partial charge in [-0.05, 0) is 50.0 Å². The molecule has 12 nitrogen and oxygen atoms in total. The lowest BCUT2D eigenvalue weighted by atomic mass is 9.81. The van der Waals surface area contributed by atoms with Gasteiger partial charge in [-0.25, -0.2) is 23.4 Å². The van der Waals surface area contributed by atoms with E-state index < -0.39 is 22.2 Å². The van der Waals surface area contributed by atoms with Gasteiger partial charge in [-0.15, -0.1) is 0 Å². The smallest absolute Gasteiger partial charge is 0.256 e. The summed E-state index contributed by atoms with van der Waals surface area (Å²) in [5.41, 5.74) is 2.00. The maximum absolute atomic E-state index is 12.5. The highest BCUT2D eigenvalue weighted by atomic mass is 32.2. The minimum Gasteiger partial charge on any atom is -0.396 e. The Hall–Kier alpha value is -3.57. The number of nitrogens with one attached hydrogen (secondary N) is 1. The highest BCUT2D eigenvalue weighted by Crippen LogP contribution is 2.35. The molecule has 2 atom stereocenters. The summed E-state index contributed by atoms with van der Waals surface area (Å²) in [4.78, 5) is 15.7. The molecule has 3 aliphatic rings. The molecule has 42 heavy (non-hydrogen) atoms. The van der Waals surface area contributed by atoms with Crippen LogP contribution in [0.3, 0.4) is 0 Å². The Labute approximate surface area is 245 Å². The first-order valence-electron chi connectivity index (χ1n) is 14.3. The van der Waals surface area contributed by atoms with Crippen LogP contribution in [0.4, 0.5) is 17.3 Å². The van der Waals surface area contributed by atoms with Crippen molar-refractivity contribution in [3.05, 3.63) is 42.5 Å². The molecule has 0 aromatic carbocycles. The second-order valence-electron chi connectivity index (χ2n) is 11.5. The van der Waals surface area contributed by atoms with Gasteiger partial charge in [0.2, 0.25) is 0 Å². The molecule has 0 amide bonds. The number of piperidine rings is 1. The third-order valence-corrected chi connectivity index (χ3v) is 10.2. The van der Waals surface area contributed by atoms with E-state index in [2.05, 4.69) is 49.0 Å². The molecule has 0 radical (unpaired) electrons. The highest BCUT2D eigenvalue weighted by molar-refractivity contribution is 7.90. The van der Waals surface area contributed by atoms with E-state index in [9.17, 15) is 18.6 Å². The van der Waals surface area contributed by atoms with Crippen molar-refractivity contribution >= 4 is 27.3 Å². The maximum Gasteiger partial charge on any atom is 0.256 e. The molecule has 1 saturated carbocycles. The molecule has 0 bridgehead atoms. The minimum atomic E-state index is -3.48. The molecule has 1 aliphatic carbocycles. The zero-order chi connectivity index (χ0) is 29.3. The van der Waals surface area contributed by atoms with Gasteiger partial charge in [0.25, 0.3) is 10.0 Å². The normalized spacial score (nSPS) is 22.3. The molecule has 2 saturated heterocycles. The molecule has 3 aromatic rings. The van der Waals surface area contributed by atoms with Crippen LogP contribution in [0.15, 0.2) is 36.9 Å². The summed E-state index contributed by atoms with van der Waals surface area (Å²) >= 11 is 0. The van der Waals surface area contributed by atoms with Crippen molar-refractivity contribution in [3.63, 3.8) is 0 Å². The fourth-order valence-corrected chi connectivity index (χ4v) is 6.62. The zero-order valence-corrected chi connectivity index (χ0v) is 24.3. The van der Waals surface area contributed by atoms with Gasteiger partial charge in [-0.3, -0.25) is 0 Å². The Balaban J connectivity index is 1.25. The Kier molecular flexibility index (Phi) is 7.89. The van der Waals surface area contributed by atoms with Gasteiger partial charge < -0.3 is 25.2 Å². The summed E-state index contributed by atoms with van der Waals surface area (Å²) in [6, 6.07) is 3.63. The average Bonchev–Trinajstić information content (AvgIpc) is 3.75. The lowest BCUT2D eigenvalue weighted by Gasteiger charge is -2.39. The van der Waals surface area contributed by atoms with Gasteiger partial charge in [-0.1, -0.05) is 18.8 Å². The predicted octanol–water partition coefficient (Wildman–Crippen LogP) is 2.31. The van der Waals surface area contributed by atoms with Crippen LogP contribution in [-0.2, 0) is 14.8 Å². The van der Waals surface area contributed by atoms with Crippen molar-refractivity contribution in [1.29, 1.82) is 0 Å². The van der Waals surface area contributed by atoms with Crippen LogP contribution in [0.5, 0.6) is 0 Å². The number of hydrogen-bond acceptors (Lipinski definition) is 11. The summed E-state index contributed by atoms with van der Waals surface area (Å²) in [6.07, 6.45) is 9.50. The van der Waals surface area contributed by atoms with Gasteiger partial charge in [-0.2, -0.15) is 9.19 Å². The van der Waals surface area contributed by atoms with Crippen LogP contribution in [0, 0.1) is 17.3 Å². The summed E-state index contributed by atoms with van der Waals surface area (Å²) in [5, 5.41) is 27.1.